The number of alkyl halides is 3. The molecule has 26 heavy (non-hydrogen) atoms. The van der Waals surface area contributed by atoms with Gasteiger partial charge < -0.3 is 9.54 Å². The van der Waals surface area contributed by atoms with Crippen molar-refractivity contribution in [2.24, 2.45) is 5.41 Å². The van der Waals surface area contributed by atoms with Crippen LogP contribution in [0.3, 0.4) is 0 Å². The Kier molecular flexibility index (Phi) is 6.07. The van der Waals surface area contributed by atoms with Crippen molar-refractivity contribution in [2.75, 3.05) is 0 Å². The molecule has 0 fully saturated rings. The molecular formula is C17H23BrF3N3OS. The molecule has 0 saturated heterocycles. The number of halogens is 4. The summed E-state index contributed by atoms with van der Waals surface area (Å²) in [6.07, 6.45) is -4.68. The Morgan fingerprint density at radius 3 is 2.38 bits per heavy atom. The van der Waals surface area contributed by atoms with Gasteiger partial charge in [0.2, 0.25) is 0 Å². The number of aromatic amines is 1. The Hall–Kier alpha value is -0.770. The molecular weight excluding hydrogens is 431 g/mol. The highest BCUT2D eigenvalue weighted by molar-refractivity contribution is 9.10. The van der Waals surface area contributed by atoms with E-state index in [2.05, 4.69) is 30.6 Å². The van der Waals surface area contributed by atoms with E-state index in [0.717, 1.165) is 18.3 Å². The lowest BCUT2D eigenvalue weighted by Gasteiger charge is -2.33. The van der Waals surface area contributed by atoms with Crippen molar-refractivity contribution in [1.29, 1.82) is 0 Å². The molecule has 0 radical (unpaired) electrons. The topological polar surface area (TPSA) is 63.8 Å². The van der Waals surface area contributed by atoms with Crippen LogP contribution < -0.4 is 4.72 Å². The highest BCUT2D eigenvalue weighted by Crippen LogP contribution is 2.44. The molecule has 146 valence electrons. The molecule has 0 bridgehead atoms. The maximum atomic E-state index is 13.4. The predicted molar refractivity (Wildman–Crippen MR) is 102 cm³/mol. The fourth-order valence-corrected chi connectivity index (χ4v) is 3.46. The molecule has 2 aromatic rings. The van der Waals surface area contributed by atoms with Gasteiger partial charge in [-0.15, -0.1) is 4.72 Å². The fourth-order valence-electron chi connectivity index (χ4n) is 2.29. The molecule has 1 heterocycles. The lowest BCUT2D eigenvalue weighted by Crippen LogP contribution is -2.44. The maximum absolute atomic E-state index is 13.4. The van der Waals surface area contributed by atoms with Gasteiger partial charge in [-0.05, 0) is 45.4 Å². The number of hydrogen-bond acceptors (Lipinski definition) is 3. The minimum atomic E-state index is -4.38. The Morgan fingerprint density at radius 1 is 1.23 bits per heavy atom. The molecule has 1 unspecified atom stereocenters. The third-order valence-corrected chi connectivity index (χ3v) is 6.18. The van der Waals surface area contributed by atoms with Gasteiger partial charge in [0.15, 0.2) is 0 Å². The first-order valence-corrected chi connectivity index (χ1v) is 10.0. The minimum Gasteiger partial charge on any atom is -0.598 e. The van der Waals surface area contributed by atoms with Gasteiger partial charge in [-0.25, -0.2) is 4.98 Å². The SMILES string of the molecule is CC(C)(C)[S+]([O-])N[C@@H](CC(C)(C)C(F)(F)F)c1nc2ccc(Br)cc2[nH]1. The number of hydrogen-bond donors (Lipinski definition) is 2. The molecule has 0 aliphatic rings. The first-order chi connectivity index (χ1) is 11.7. The Morgan fingerprint density at radius 2 is 1.85 bits per heavy atom. The molecule has 0 spiro atoms. The standard InChI is InChI=1S/C17H23BrF3N3OS/c1-15(2,3)26(25)24-13(9-16(4,5)17(19,20)21)14-22-11-7-6-10(18)8-12(11)23-14/h6-8,13,24H,9H2,1-5H3,(H,22,23)/t13-,26?/m0/s1. The van der Waals surface area contributed by atoms with Gasteiger partial charge in [0.1, 0.15) is 16.6 Å². The smallest absolute Gasteiger partial charge is 0.394 e. The summed E-state index contributed by atoms with van der Waals surface area (Å²) in [5, 5.41) is 0. The van der Waals surface area contributed by atoms with Crippen molar-refractivity contribution in [2.45, 2.75) is 58.0 Å². The number of aromatic nitrogens is 2. The number of rotatable bonds is 5. The van der Waals surface area contributed by atoms with Crippen LogP contribution in [0.5, 0.6) is 0 Å². The fraction of sp³-hybridized carbons (Fsp3) is 0.588. The van der Waals surface area contributed by atoms with Gasteiger partial charge in [0.25, 0.3) is 0 Å². The predicted octanol–water partition coefficient (Wildman–Crippen LogP) is 5.40. The van der Waals surface area contributed by atoms with Gasteiger partial charge >= 0.3 is 6.18 Å². The summed E-state index contributed by atoms with van der Waals surface area (Å²) < 4.78 is 55.8. The molecule has 4 nitrogen and oxygen atoms in total. The van der Waals surface area contributed by atoms with Crippen molar-refractivity contribution in [3.05, 3.63) is 28.5 Å². The second kappa shape index (κ2) is 7.33. The van der Waals surface area contributed by atoms with E-state index in [9.17, 15) is 17.7 Å². The van der Waals surface area contributed by atoms with Gasteiger partial charge in [0, 0.05) is 15.8 Å². The summed E-state index contributed by atoms with van der Waals surface area (Å²) in [5.74, 6) is 0.341. The van der Waals surface area contributed by atoms with Crippen LogP contribution in [0, 0.1) is 5.41 Å². The van der Waals surface area contributed by atoms with Gasteiger partial charge in [-0.1, -0.05) is 29.8 Å². The Labute approximate surface area is 162 Å². The molecule has 2 rings (SSSR count). The molecule has 0 amide bonds. The van der Waals surface area contributed by atoms with Crippen molar-refractivity contribution < 1.29 is 17.7 Å². The average molecular weight is 454 g/mol. The van der Waals surface area contributed by atoms with E-state index in [-0.39, 0.29) is 6.42 Å². The van der Waals surface area contributed by atoms with Gasteiger partial charge in [0.05, 0.1) is 16.4 Å². The van der Waals surface area contributed by atoms with Crippen LogP contribution in [0.2, 0.25) is 0 Å². The monoisotopic (exact) mass is 453 g/mol. The molecule has 0 saturated carbocycles. The van der Waals surface area contributed by atoms with E-state index in [4.69, 9.17) is 0 Å². The number of H-pyrrole nitrogens is 1. The first kappa shape index (κ1) is 21.5. The van der Waals surface area contributed by atoms with E-state index < -0.39 is 33.7 Å². The van der Waals surface area contributed by atoms with Gasteiger partial charge in [-0.3, -0.25) is 0 Å². The molecule has 2 atom stereocenters. The number of nitrogens with zero attached hydrogens (tertiary/aromatic N) is 1. The van der Waals surface area contributed by atoms with Crippen LogP contribution in [-0.2, 0) is 11.4 Å². The molecule has 1 aromatic carbocycles. The quantitative estimate of drug-likeness (QED) is 0.595. The second-order valence-electron chi connectivity index (χ2n) is 7.92. The highest BCUT2D eigenvalue weighted by atomic mass is 79.9. The first-order valence-electron chi connectivity index (χ1n) is 8.11. The Bertz CT molecular complexity index is 771. The van der Waals surface area contributed by atoms with Crippen molar-refractivity contribution in [3.8, 4) is 0 Å². The van der Waals surface area contributed by atoms with E-state index >= 15 is 0 Å². The highest BCUT2D eigenvalue weighted by Gasteiger charge is 2.49. The number of fused-ring (bicyclic) bond motifs is 1. The largest absolute Gasteiger partial charge is 0.598 e. The lowest BCUT2D eigenvalue weighted by molar-refractivity contribution is -0.215. The molecule has 2 N–H and O–H groups in total. The lowest BCUT2D eigenvalue weighted by atomic mass is 9.85. The molecule has 1 aromatic heterocycles. The third kappa shape index (κ3) is 4.94. The summed E-state index contributed by atoms with van der Waals surface area (Å²) in [6, 6.07) is 4.55. The normalized spacial score (nSPS) is 16.1. The van der Waals surface area contributed by atoms with Crippen LogP contribution in [0.25, 0.3) is 11.0 Å². The zero-order valence-electron chi connectivity index (χ0n) is 15.3. The molecule has 0 aliphatic heterocycles. The van der Waals surface area contributed by atoms with Crippen molar-refractivity contribution in [1.82, 2.24) is 14.7 Å². The Balaban J connectivity index is 2.41. The van der Waals surface area contributed by atoms with Crippen LogP contribution in [0.15, 0.2) is 22.7 Å². The zero-order valence-corrected chi connectivity index (χ0v) is 17.7. The third-order valence-electron chi connectivity index (χ3n) is 4.08. The van der Waals surface area contributed by atoms with E-state index in [1.165, 1.54) is 0 Å². The zero-order chi connectivity index (χ0) is 19.9. The minimum absolute atomic E-state index is 0.292. The summed E-state index contributed by atoms with van der Waals surface area (Å²) in [6.45, 7) is 7.56. The summed E-state index contributed by atoms with van der Waals surface area (Å²) in [5.41, 5.74) is -0.624. The van der Waals surface area contributed by atoms with Crippen LogP contribution in [0.1, 0.15) is 52.9 Å². The van der Waals surface area contributed by atoms with Crippen LogP contribution in [0.4, 0.5) is 13.2 Å². The van der Waals surface area contributed by atoms with E-state index in [1.807, 2.05) is 6.07 Å². The number of benzene rings is 1. The summed E-state index contributed by atoms with van der Waals surface area (Å²) >= 11 is 1.82. The summed E-state index contributed by atoms with van der Waals surface area (Å²) in [4.78, 5) is 7.48. The summed E-state index contributed by atoms with van der Waals surface area (Å²) in [7, 11) is 0. The van der Waals surface area contributed by atoms with Crippen LogP contribution >= 0.6 is 15.9 Å². The van der Waals surface area contributed by atoms with Gasteiger partial charge in [-0.2, -0.15) is 13.2 Å². The van der Waals surface area contributed by atoms with Crippen molar-refractivity contribution >= 4 is 38.3 Å². The number of imidazole rings is 1. The van der Waals surface area contributed by atoms with E-state index in [0.29, 0.717) is 16.9 Å². The van der Waals surface area contributed by atoms with E-state index in [1.54, 1.807) is 32.9 Å². The molecule has 9 heteroatoms. The average Bonchev–Trinajstić information content (AvgIpc) is 2.86. The van der Waals surface area contributed by atoms with Crippen molar-refractivity contribution in [3.63, 3.8) is 0 Å². The number of nitrogens with one attached hydrogen (secondary N) is 2. The van der Waals surface area contributed by atoms with Crippen LogP contribution in [-0.4, -0.2) is 25.4 Å². The molecule has 0 aliphatic carbocycles. The maximum Gasteiger partial charge on any atom is 0.394 e. The second-order valence-corrected chi connectivity index (χ2v) is 10.8.